The third kappa shape index (κ3) is 4.00. The molecular weight excluding hydrogens is 430 g/mol. The molecule has 2 aromatic carbocycles. The van der Waals surface area contributed by atoms with E-state index < -0.39 is 0 Å². The van der Waals surface area contributed by atoms with Gasteiger partial charge in [-0.25, -0.2) is 0 Å². The standard InChI is InChI=1S/C22H19N5O4S/c1-29-17-7-5-16(6-8-17)27-21(26-10-2-3-11-26)24-25-22(27)32-13-20(28)23-15-4-9-18-19(12-15)31-14-30-18/h2-12H,13-14H2,1H3,(H,23,28). The minimum absolute atomic E-state index is 0.161. The van der Waals surface area contributed by atoms with E-state index in [0.717, 1.165) is 11.4 Å². The van der Waals surface area contributed by atoms with Crippen LogP contribution in [0.3, 0.4) is 0 Å². The number of carbonyl (C=O) groups is 1. The fourth-order valence-corrected chi connectivity index (χ4v) is 4.00. The van der Waals surface area contributed by atoms with Crippen LogP contribution in [0.4, 0.5) is 5.69 Å². The van der Waals surface area contributed by atoms with Gasteiger partial charge in [-0.05, 0) is 48.5 Å². The number of nitrogens with zero attached hydrogens (tertiary/aromatic N) is 4. The van der Waals surface area contributed by atoms with Crippen LogP contribution in [0.5, 0.6) is 17.2 Å². The number of anilines is 1. The largest absolute Gasteiger partial charge is 0.497 e. The van der Waals surface area contributed by atoms with E-state index in [0.29, 0.717) is 28.3 Å². The van der Waals surface area contributed by atoms with Gasteiger partial charge in [0, 0.05) is 24.1 Å². The van der Waals surface area contributed by atoms with Gasteiger partial charge < -0.3 is 19.5 Å². The molecule has 0 unspecified atom stereocenters. The minimum atomic E-state index is -0.166. The first-order chi connectivity index (χ1) is 15.7. The molecule has 0 saturated carbocycles. The number of fused-ring (bicyclic) bond motifs is 1. The van der Waals surface area contributed by atoms with Crippen LogP contribution in [0.15, 0.2) is 72.1 Å². The Morgan fingerprint density at radius 1 is 1.09 bits per heavy atom. The molecule has 32 heavy (non-hydrogen) atoms. The van der Waals surface area contributed by atoms with Gasteiger partial charge in [0.25, 0.3) is 0 Å². The van der Waals surface area contributed by atoms with Gasteiger partial charge in [0.1, 0.15) is 5.75 Å². The summed E-state index contributed by atoms with van der Waals surface area (Å²) in [4.78, 5) is 12.6. The quantitative estimate of drug-likeness (QED) is 0.432. The van der Waals surface area contributed by atoms with E-state index in [9.17, 15) is 4.79 Å². The van der Waals surface area contributed by atoms with Crippen molar-refractivity contribution in [2.75, 3.05) is 25.0 Å². The first-order valence-electron chi connectivity index (χ1n) is 9.77. The number of benzene rings is 2. The van der Waals surface area contributed by atoms with Crippen molar-refractivity contribution in [3.8, 4) is 28.9 Å². The fourth-order valence-electron chi connectivity index (χ4n) is 3.25. The summed E-state index contributed by atoms with van der Waals surface area (Å²) in [5, 5.41) is 12.1. The zero-order valence-corrected chi connectivity index (χ0v) is 17.9. The van der Waals surface area contributed by atoms with Gasteiger partial charge in [-0.1, -0.05) is 11.8 Å². The maximum absolute atomic E-state index is 12.6. The number of carbonyl (C=O) groups excluding carboxylic acids is 1. The number of thioether (sulfide) groups is 1. The van der Waals surface area contributed by atoms with Crippen LogP contribution in [0.1, 0.15) is 0 Å². The summed E-state index contributed by atoms with van der Waals surface area (Å²) in [5.41, 5.74) is 1.50. The number of rotatable bonds is 7. The van der Waals surface area contributed by atoms with Gasteiger partial charge in [0.05, 0.1) is 18.6 Å². The maximum atomic E-state index is 12.6. The molecule has 0 atom stereocenters. The van der Waals surface area contributed by atoms with E-state index in [-0.39, 0.29) is 18.5 Å². The Balaban J connectivity index is 1.35. The molecule has 2 aromatic heterocycles. The highest BCUT2D eigenvalue weighted by Crippen LogP contribution is 2.34. The predicted molar refractivity (Wildman–Crippen MR) is 119 cm³/mol. The van der Waals surface area contributed by atoms with E-state index in [1.165, 1.54) is 11.8 Å². The monoisotopic (exact) mass is 449 g/mol. The molecule has 10 heteroatoms. The van der Waals surface area contributed by atoms with Crippen LogP contribution in [0.25, 0.3) is 11.6 Å². The molecule has 1 aliphatic heterocycles. The zero-order valence-electron chi connectivity index (χ0n) is 17.1. The second-order valence-corrected chi connectivity index (χ2v) is 7.75. The van der Waals surface area contributed by atoms with Gasteiger partial charge in [0.15, 0.2) is 16.7 Å². The average Bonchev–Trinajstić information content (AvgIpc) is 3.58. The first-order valence-corrected chi connectivity index (χ1v) is 10.8. The molecule has 1 amide bonds. The molecule has 0 bridgehead atoms. The highest BCUT2D eigenvalue weighted by Gasteiger charge is 2.18. The van der Waals surface area contributed by atoms with E-state index in [1.807, 2.05) is 57.9 Å². The molecule has 0 radical (unpaired) electrons. The van der Waals surface area contributed by atoms with Crippen LogP contribution in [-0.2, 0) is 4.79 Å². The molecule has 3 heterocycles. The smallest absolute Gasteiger partial charge is 0.240 e. The third-order valence-corrected chi connectivity index (χ3v) is 5.70. The van der Waals surface area contributed by atoms with Gasteiger partial charge in [-0.2, -0.15) is 0 Å². The summed E-state index contributed by atoms with van der Waals surface area (Å²) in [6, 6.07) is 16.7. The Morgan fingerprint density at radius 3 is 2.66 bits per heavy atom. The van der Waals surface area contributed by atoms with Crippen LogP contribution in [-0.4, -0.2) is 44.9 Å². The third-order valence-electron chi connectivity index (χ3n) is 4.77. The van der Waals surface area contributed by atoms with Crippen molar-refractivity contribution in [2.24, 2.45) is 0 Å². The molecule has 0 spiro atoms. The molecule has 1 N–H and O–H groups in total. The predicted octanol–water partition coefficient (Wildman–Crippen LogP) is 3.53. The van der Waals surface area contributed by atoms with Crippen LogP contribution in [0.2, 0.25) is 0 Å². The molecular formula is C22H19N5O4S. The zero-order chi connectivity index (χ0) is 21.9. The van der Waals surface area contributed by atoms with Crippen LogP contribution >= 0.6 is 11.8 Å². The van der Waals surface area contributed by atoms with E-state index in [4.69, 9.17) is 14.2 Å². The van der Waals surface area contributed by atoms with Gasteiger partial charge >= 0.3 is 0 Å². The summed E-state index contributed by atoms with van der Waals surface area (Å²) in [5.74, 6) is 2.66. The van der Waals surface area contributed by atoms with Crippen molar-refractivity contribution in [2.45, 2.75) is 5.16 Å². The summed E-state index contributed by atoms with van der Waals surface area (Å²) >= 11 is 1.30. The summed E-state index contributed by atoms with van der Waals surface area (Å²) in [6.07, 6.45) is 3.79. The number of hydrogen-bond donors (Lipinski definition) is 1. The summed E-state index contributed by atoms with van der Waals surface area (Å²) < 4.78 is 19.7. The van der Waals surface area contributed by atoms with E-state index in [2.05, 4.69) is 15.5 Å². The van der Waals surface area contributed by atoms with E-state index in [1.54, 1.807) is 25.3 Å². The molecule has 0 aliphatic carbocycles. The Labute approximate surface area is 187 Å². The lowest BCUT2D eigenvalue weighted by Crippen LogP contribution is -2.14. The number of aromatic nitrogens is 4. The van der Waals surface area contributed by atoms with Gasteiger partial charge in [-0.3, -0.25) is 13.9 Å². The number of amides is 1. The number of methoxy groups -OCH3 is 1. The SMILES string of the molecule is COc1ccc(-n2c(SCC(=O)Nc3ccc4c(c3)OCO4)nnc2-n2cccc2)cc1. The molecule has 0 saturated heterocycles. The van der Waals surface area contributed by atoms with Crippen LogP contribution in [0, 0.1) is 0 Å². The molecule has 9 nitrogen and oxygen atoms in total. The van der Waals surface area contributed by atoms with Gasteiger partial charge in [0.2, 0.25) is 18.6 Å². The second kappa shape index (κ2) is 8.67. The van der Waals surface area contributed by atoms with Crippen molar-refractivity contribution in [1.29, 1.82) is 0 Å². The Kier molecular flexibility index (Phi) is 5.42. The lowest BCUT2D eigenvalue weighted by atomic mass is 10.3. The minimum Gasteiger partial charge on any atom is -0.497 e. The molecule has 5 rings (SSSR count). The molecule has 4 aromatic rings. The van der Waals surface area contributed by atoms with Crippen molar-refractivity contribution >= 4 is 23.4 Å². The fraction of sp³-hybridized carbons (Fsp3) is 0.136. The molecule has 1 aliphatic rings. The summed E-state index contributed by atoms with van der Waals surface area (Å²) in [6.45, 7) is 0.188. The maximum Gasteiger partial charge on any atom is 0.240 e. The second-order valence-electron chi connectivity index (χ2n) is 6.81. The molecule has 0 fully saturated rings. The normalized spacial score (nSPS) is 12.0. The number of hydrogen-bond acceptors (Lipinski definition) is 7. The molecule has 162 valence electrons. The highest BCUT2D eigenvalue weighted by atomic mass is 32.2. The highest BCUT2D eigenvalue weighted by molar-refractivity contribution is 7.99. The number of nitrogens with one attached hydrogen (secondary N) is 1. The topological polar surface area (TPSA) is 92.4 Å². The first kappa shape index (κ1) is 20.0. The van der Waals surface area contributed by atoms with Crippen molar-refractivity contribution in [1.82, 2.24) is 19.3 Å². The Bertz CT molecular complexity index is 1240. The van der Waals surface area contributed by atoms with Crippen molar-refractivity contribution < 1.29 is 19.0 Å². The Hall–Kier alpha value is -3.92. The number of ether oxygens (including phenoxy) is 3. The lowest BCUT2D eigenvalue weighted by molar-refractivity contribution is -0.113. The van der Waals surface area contributed by atoms with Crippen molar-refractivity contribution in [3.63, 3.8) is 0 Å². The lowest BCUT2D eigenvalue weighted by Gasteiger charge is -2.11. The van der Waals surface area contributed by atoms with Crippen LogP contribution < -0.4 is 19.5 Å². The Morgan fingerprint density at radius 2 is 1.88 bits per heavy atom. The summed E-state index contributed by atoms with van der Waals surface area (Å²) in [7, 11) is 1.62. The van der Waals surface area contributed by atoms with E-state index >= 15 is 0 Å². The van der Waals surface area contributed by atoms with Gasteiger partial charge in [-0.15, -0.1) is 10.2 Å². The average molecular weight is 449 g/mol. The van der Waals surface area contributed by atoms with Crippen molar-refractivity contribution in [3.05, 3.63) is 67.0 Å².